The Labute approximate surface area is 228 Å². The van der Waals surface area contributed by atoms with Crippen molar-refractivity contribution in [3.8, 4) is 0 Å². The van der Waals surface area contributed by atoms with E-state index < -0.39 is 0 Å². The maximum Gasteiger partial charge on any atom is 0.0874 e. The first-order valence-corrected chi connectivity index (χ1v) is 17.2. The van der Waals surface area contributed by atoms with Gasteiger partial charge >= 0.3 is 0 Å². The van der Waals surface area contributed by atoms with Gasteiger partial charge in [0.15, 0.2) is 0 Å². The Morgan fingerprint density at radius 2 is 0.600 bits per heavy atom. The van der Waals surface area contributed by atoms with Gasteiger partial charge in [0.25, 0.3) is 0 Å². The largest absolute Gasteiger partial charge is 0.328 e. The van der Waals surface area contributed by atoms with E-state index in [1.807, 2.05) is 0 Å². The Kier molecular flexibility index (Phi) is 24.8. The van der Waals surface area contributed by atoms with Crippen LogP contribution in [-0.4, -0.2) is 74.8 Å². The van der Waals surface area contributed by atoms with Crippen molar-refractivity contribution in [3.05, 3.63) is 0 Å². The molecular formula is C32H70N2S+2. The molecule has 0 aromatic rings. The van der Waals surface area contributed by atoms with Gasteiger partial charge in [0.1, 0.15) is 0 Å². The van der Waals surface area contributed by atoms with Crippen LogP contribution in [-0.2, 0) is 0 Å². The van der Waals surface area contributed by atoms with Gasteiger partial charge in [-0.05, 0) is 25.7 Å². The average Bonchev–Trinajstić information content (AvgIpc) is 2.81. The quantitative estimate of drug-likeness (QED) is 0.0739. The zero-order chi connectivity index (χ0) is 26.1. The van der Waals surface area contributed by atoms with Gasteiger partial charge in [0, 0.05) is 11.5 Å². The van der Waals surface area contributed by atoms with Crippen molar-refractivity contribution < 1.29 is 8.97 Å². The highest BCUT2D eigenvalue weighted by atomic mass is 32.2. The number of thioether (sulfide) groups is 1. The number of quaternary nitrogens is 2. The SMILES string of the molecule is CCCCCCCCCCCC[N+](C)(C)CCSCC[N+](C)(C)CCCCCCCCCCCC. The van der Waals surface area contributed by atoms with E-state index in [0.29, 0.717) is 0 Å². The van der Waals surface area contributed by atoms with Gasteiger partial charge in [-0.2, -0.15) is 11.8 Å². The van der Waals surface area contributed by atoms with E-state index in [-0.39, 0.29) is 0 Å². The first kappa shape index (κ1) is 35.3. The van der Waals surface area contributed by atoms with Crippen LogP contribution in [0.15, 0.2) is 0 Å². The predicted molar refractivity (Wildman–Crippen MR) is 165 cm³/mol. The monoisotopic (exact) mass is 515 g/mol. The third-order valence-corrected chi connectivity index (χ3v) is 8.86. The smallest absolute Gasteiger partial charge is 0.0874 e. The van der Waals surface area contributed by atoms with Gasteiger partial charge in [-0.3, -0.25) is 0 Å². The summed E-state index contributed by atoms with van der Waals surface area (Å²) in [5.41, 5.74) is 0. The second-order valence-corrected chi connectivity index (χ2v) is 14.0. The summed E-state index contributed by atoms with van der Waals surface area (Å²) in [6, 6.07) is 0. The third-order valence-electron chi connectivity index (χ3n) is 7.92. The first-order valence-electron chi connectivity index (χ1n) is 16.0. The number of hydrogen-bond donors (Lipinski definition) is 0. The van der Waals surface area contributed by atoms with Crippen molar-refractivity contribution in [1.29, 1.82) is 0 Å². The second-order valence-electron chi connectivity index (χ2n) is 12.7. The van der Waals surface area contributed by atoms with Crippen molar-refractivity contribution in [1.82, 2.24) is 0 Å². The van der Waals surface area contributed by atoms with E-state index in [1.54, 1.807) is 0 Å². The molecule has 0 aliphatic heterocycles. The normalized spacial score (nSPS) is 12.5. The molecule has 0 spiro atoms. The minimum absolute atomic E-state index is 1.21. The van der Waals surface area contributed by atoms with Gasteiger partial charge in [-0.25, -0.2) is 0 Å². The molecule has 0 N–H and O–H groups in total. The number of hydrogen-bond acceptors (Lipinski definition) is 1. The molecule has 0 aliphatic carbocycles. The first-order chi connectivity index (χ1) is 16.8. The maximum atomic E-state index is 2.44. The van der Waals surface area contributed by atoms with E-state index >= 15 is 0 Å². The van der Waals surface area contributed by atoms with E-state index in [2.05, 4.69) is 53.8 Å². The van der Waals surface area contributed by atoms with Crippen LogP contribution >= 0.6 is 11.8 Å². The molecule has 0 atom stereocenters. The highest BCUT2D eigenvalue weighted by molar-refractivity contribution is 7.99. The fourth-order valence-electron chi connectivity index (χ4n) is 5.00. The van der Waals surface area contributed by atoms with E-state index in [9.17, 15) is 0 Å². The third kappa shape index (κ3) is 27.1. The van der Waals surface area contributed by atoms with Crippen molar-refractivity contribution in [2.24, 2.45) is 0 Å². The van der Waals surface area contributed by atoms with E-state index in [0.717, 1.165) is 0 Å². The number of rotatable bonds is 28. The molecule has 2 nitrogen and oxygen atoms in total. The van der Waals surface area contributed by atoms with Gasteiger partial charge in [0.05, 0.1) is 54.4 Å². The minimum atomic E-state index is 1.21. The highest BCUT2D eigenvalue weighted by Gasteiger charge is 2.16. The summed E-state index contributed by atoms with van der Waals surface area (Å²) < 4.78 is 2.42. The molecule has 0 rings (SSSR count). The van der Waals surface area contributed by atoms with Crippen LogP contribution in [0.3, 0.4) is 0 Å². The predicted octanol–water partition coefficient (Wildman–Crippen LogP) is 9.71. The standard InChI is InChI=1S/C32H70N2S/c1-7-9-11-13-15-17-19-21-23-25-27-33(3,4)29-31-35-32-30-34(5,6)28-26-24-22-20-18-16-14-12-10-8-2/h7-32H2,1-6H3/q+2. The Morgan fingerprint density at radius 1 is 0.343 bits per heavy atom. The zero-order valence-electron chi connectivity index (χ0n) is 25.7. The summed E-state index contributed by atoms with van der Waals surface area (Å²) in [7, 11) is 9.78. The molecule has 0 fully saturated rings. The van der Waals surface area contributed by atoms with Crippen molar-refractivity contribution in [2.75, 3.05) is 65.9 Å². The average molecular weight is 515 g/mol. The lowest BCUT2D eigenvalue weighted by molar-refractivity contribution is -0.888. The summed E-state index contributed by atoms with van der Waals surface area (Å²) >= 11 is 2.19. The Morgan fingerprint density at radius 3 is 0.886 bits per heavy atom. The molecule has 0 aromatic heterocycles. The molecule has 35 heavy (non-hydrogen) atoms. The lowest BCUT2D eigenvalue weighted by Crippen LogP contribution is -2.43. The van der Waals surface area contributed by atoms with Crippen LogP contribution in [0, 0.1) is 0 Å². The van der Waals surface area contributed by atoms with Gasteiger partial charge in [-0.1, -0.05) is 117 Å². The zero-order valence-corrected chi connectivity index (χ0v) is 26.5. The molecule has 212 valence electrons. The van der Waals surface area contributed by atoms with Crippen molar-refractivity contribution in [3.63, 3.8) is 0 Å². The molecule has 0 unspecified atom stereocenters. The fourth-order valence-corrected chi connectivity index (χ4v) is 6.45. The van der Waals surface area contributed by atoms with Crippen molar-refractivity contribution >= 4 is 11.8 Å². The summed E-state index contributed by atoms with van der Waals surface area (Å²) in [6.45, 7) is 9.98. The molecule has 0 amide bonds. The maximum absolute atomic E-state index is 2.44. The van der Waals surface area contributed by atoms with Crippen LogP contribution in [0.2, 0.25) is 0 Å². The van der Waals surface area contributed by atoms with Crippen LogP contribution in [0.5, 0.6) is 0 Å². The molecule has 0 saturated carbocycles. The van der Waals surface area contributed by atoms with Crippen LogP contribution < -0.4 is 0 Å². The van der Waals surface area contributed by atoms with Gasteiger partial charge in [-0.15, -0.1) is 0 Å². The van der Waals surface area contributed by atoms with Gasteiger partial charge < -0.3 is 8.97 Å². The number of nitrogens with zero attached hydrogens (tertiary/aromatic N) is 2. The second kappa shape index (κ2) is 24.6. The molecule has 0 radical (unpaired) electrons. The Balaban J connectivity index is 3.55. The molecular weight excluding hydrogens is 444 g/mol. The fraction of sp³-hybridized carbons (Fsp3) is 1.00. The van der Waals surface area contributed by atoms with Crippen LogP contribution in [0.4, 0.5) is 0 Å². The van der Waals surface area contributed by atoms with Crippen LogP contribution in [0.25, 0.3) is 0 Å². The summed E-state index contributed by atoms with van der Waals surface area (Å²) in [4.78, 5) is 0. The minimum Gasteiger partial charge on any atom is -0.328 e. The van der Waals surface area contributed by atoms with Crippen molar-refractivity contribution in [2.45, 2.75) is 142 Å². The lowest BCUT2D eigenvalue weighted by Gasteiger charge is -2.31. The summed E-state index contributed by atoms with van der Waals surface area (Å²) in [5, 5.41) is 0. The number of unbranched alkanes of at least 4 members (excludes halogenated alkanes) is 18. The van der Waals surface area contributed by atoms with E-state index in [4.69, 9.17) is 0 Å². The molecule has 0 bridgehead atoms. The molecule has 0 heterocycles. The molecule has 3 heteroatoms. The molecule has 0 aliphatic rings. The van der Waals surface area contributed by atoms with Crippen LogP contribution in [0.1, 0.15) is 142 Å². The summed E-state index contributed by atoms with van der Waals surface area (Å²) in [5.74, 6) is 2.64. The molecule has 0 aromatic carbocycles. The Bertz CT molecular complexity index is 384. The lowest BCUT2D eigenvalue weighted by atomic mass is 10.1. The van der Waals surface area contributed by atoms with Gasteiger partial charge in [0.2, 0.25) is 0 Å². The summed E-state index contributed by atoms with van der Waals surface area (Å²) in [6.07, 6.45) is 28.8. The van der Waals surface area contributed by atoms with E-state index in [1.165, 1.54) is 175 Å². The topological polar surface area (TPSA) is 0 Å². The highest BCUT2D eigenvalue weighted by Crippen LogP contribution is 2.14. The Hall–Kier alpha value is 0.270. The molecule has 0 saturated heterocycles.